The molecule has 1 aromatic carbocycles. The number of nitrogens with zero attached hydrogens (tertiary/aromatic N) is 1. The lowest BCUT2D eigenvalue weighted by molar-refractivity contribution is -0.117. The van der Waals surface area contributed by atoms with Crippen LogP contribution in [0, 0.1) is 0 Å². The summed E-state index contributed by atoms with van der Waals surface area (Å²) in [5.74, 6) is -0.579. The van der Waals surface area contributed by atoms with Crippen molar-refractivity contribution in [2.45, 2.75) is 28.5 Å². The predicted molar refractivity (Wildman–Crippen MR) is 88.5 cm³/mol. The highest BCUT2D eigenvalue weighted by molar-refractivity contribution is 7.90. The highest BCUT2D eigenvalue weighted by Gasteiger charge is 2.54. The molecule has 0 radical (unpaired) electrons. The van der Waals surface area contributed by atoms with E-state index in [-0.39, 0.29) is 15.6 Å². The van der Waals surface area contributed by atoms with Crippen molar-refractivity contribution in [1.82, 2.24) is 0 Å². The Morgan fingerprint density at radius 3 is 2.14 bits per heavy atom. The Bertz CT molecular complexity index is 781. The number of halogens is 3. The maximum atomic E-state index is 12.3. The molecular weight excluding hydrogens is 369 g/mol. The Morgan fingerprint density at radius 2 is 1.59 bits per heavy atom. The Balaban J connectivity index is 2.63. The molecule has 0 bridgehead atoms. The number of hydrogen-bond acceptors (Lipinski definition) is 3. The van der Waals surface area contributed by atoms with Crippen LogP contribution in [0.5, 0.6) is 0 Å². The largest absolute Gasteiger partial charge is 0.291 e. The fourth-order valence-corrected chi connectivity index (χ4v) is 3.76. The van der Waals surface area contributed by atoms with E-state index in [0.29, 0.717) is 0 Å². The van der Waals surface area contributed by atoms with E-state index in [1.54, 1.807) is 18.2 Å². The van der Waals surface area contributed by atoms with Gasteiger partial charge in [0.15, 0.2) is 5.78 Å². The van der Waals surface area contributed by atoms with E-state index in [0.717, 1.165) is 6.08 Å². The number of benzene rings is 1. The first-order valence-electron chi connectivity index (χ1n) is 6.20. The number of sulfonamides is 1. The predicted octanol–water partition coefficient (Wildman–Crippen LogP) is 3.52. The van der Waals surface area contributed by atoms with E-state index in [4.69, 9.17) is 34.8 Å². The van der Waals surface area contributed by atoms with Gasteiger partial charge in [0.05, 0.1) is 15.6 Å². The molecule has 8 heteroatoms. The zero-order chi connectivity index (χ0) is 16.8. The monoisotopic (exact) mass is 379 g/mol. The normalized spacial score (nSPS) is 31.2. The molecule has 0 spiro atoms. The minimum absolute atomic E-state index is 0.00710. The quantitative estimate of drug-likeness (QED) is 0.737. The van der Waals surface area contributed by atoms with Crippen molar-refractivity contribution in [3.8, 4) is 0 Å². The van der Waals surface area contributed by atoms with Crippen molar-refractivity contribution in [2.75, 3.05) is 0 Å². The number of hydrogen-bond donors (Lipinski definition) is 0. The molecular formula is C14H12Cl3NO3S. The van der Waals surface area contributed by atoms with Gasteiger partial charge >= 0.3 is 0 Å². The van der Waals surface area contributed by atoms with E-state index >= 15 is 0 Å². The van der Waals surface area contributed by atoms with Crippen LogP contribution in [0.15, 0.2) is 50.7 Å². The maximum absolute atomic E-state index is 12.3. The van der Waals surface area contributed by atoms with Gasteiger partial charge in [-0.3, -0.25) is 4.79 Å². The summed E-state index contributed by atoms with van der Waals surface area (Å²) in [6.07, 6.45) is 1.14. The van der Waals surface area contributed by atoms with Gasteiger partial charge in [-0.05, 0) is 32.1 Å². The molecule has 1 aliphatic carbocycles. The topological polar surface area (TPSA) is 63.6 Å². The molecule has 0 saturated carbocycles. The number of Topliss-reactive ketones (excluding diaryl/α,β-unsaturated/α-hetero) is 1. The molecule has 1 aliphatic rings. The van der Waals surface area contributed by atoms with Gasteiger partial charge < -0.3 is 0 Å². The average Bonchev–Trinajstić information content (AvgIpc) is 2.44. The summed E-state index contributed by atoms with van der Waals surface area (Å²) in [6, 6.07) is 7.65. The van der Waals surface area contributed by atoms with Gasteiger partial charge in [-0.2, -0.15) is 12.8 Å². The zero-order valence-electron chi connectivity index (χ0n) is 11.7. The zero-order valence-corrected chi connectivity index (χ0v) is 14.8. The molecule has 1 aromatic rings. The summed E-state index contributed by atoms with van der Waals surface area (Å²) in [6.45, 7) is 2.81. The first-order chi connectivity index (χ1) is 10.00. The van der Waals surface area contributed by atoms with Crippen LogP contribution in [0.2, 0.25) is 0 Å². The molecule has 2 unspecified atom stereocenters. The molecule has 22 heavy (non-hydrogen) atoms. The van der Waals surface area contributed by atoms with E-state index < -0.39 is 25.6 Å². The van der Waals surface area contributed by atoms with Crippen LogP contribution in [-0.2, 0) is 14.8 Å². The van der Waals surface area contributed by atoms with Crippen LogP contribution in [0.25, 0.3) is 0 Å². The Kier molecular flexibility index (Phi) is 4.48. The van der Waals surface area contributed by atoms with Crippen molar-refractivity contribution >= 4 is 56.3 Å². The van der Waals surface area contributed by atoms with Gasteiger partial charge in [-0.1, -0.05) is 29.8 Å². The van der Waals surface area contributed by atoms with Gasteiger partial charge in [0, 0.05) is 0 Å². The molecule has 2 atom stereocenters. The van der Waals surface area contributed by atoms with E-state index in [1.807, 2.05) is 0 Å². The molecule has 0 N–H and O–H groups in total. The highest BCUT2D eigenvalue weighted by atomic mass is 35.5. The lowest BCUT2D eigenvalue weighted by Crippen LogP contribution is -2.55. The minimum Gasteiger partial charge on any atom is -0.291 e. The van der Waals surface area contributed by atoms with Crippen molar-refractivity contribution in [1.29, 1.82) is 0 Å². The van der Waals surface area contributed by atoms with Gasteiger partial charge in [0.25, 0.3) is 10.0 Å². The van der Waals surface area contributed by atoms with Gasteiger partial charge in [0.1, 0.15) is 9.75 Å². The minimum atomic E-state index is -3.99. The molecule has 0 saturated heterocycles. The van der Waals surface area contributed by atoms with Crippen LogP contribution in [0.4, 0.5) is 0 Å². The summed E-state index contributed by atoms with van der Waals surface area (Å²) in [4.78, 5) is 8.90. The van der Waals surface area contributed by atoms with Gasteiger partial charge in [-0.15, -0.1) is 23.2 Å². The number of alkyl halides is 2. The Hall–Kier alpha value is -0.880. The molecule has 0 aliphatic heterocycles. The van der Waals surface area contributed by atoms with E-state index in [9.17, 15) is 13.2 Å². The number of rotatable bonds is 2. The third-order valence-electron chi connectivity index (χ3n) is 3.53. The summed E-state index contributed by atoms with van der Waals surface area (Å²) in [5, 5.41) is -0.211. The van der Waals surface area contributed by atoms with Crippen molar-refractivity contribution in [3.05, 3.63) is 41.4 Å². The van der Waals surface area contributed by atoms with E-state index in [2.05, 4.69) is 4.40 Å². The molecule has 0 amide bonds. The van der Waals surface area contributed by atoms with Crippen LogP contribution >= 0.6 is 34.8 Å². The first-order valence-corrected chi connectivity index (χ1v) is 8.78. The van der Waals surface area contributed by atoms with E-state index in [1.165, 1.54) is 26.0 Å². The van der Waals surface area contributed by atoms with Crippen LogP contribution in [0.1, 0.15) is 13.8 Å². The molecule has 2 rings (SSSR count). The lowest BCUT2D eigenvalue weighted by Gasteiger charge is -2.38. The maximum Gasteiger partial charge on any atom is 0.282 e. The SMILES string of the molecule is CC1(Cl)C(=O)C(Cl)=CC(=NS(=O)(=O)c2ccccc2)C1(C)Cl. The van der Waals surface area contributed by atoms with Gasteiger partial charge in [-0.25, -0.2) is 0 Å². The Morgan fingerprint density at radius 1 is 1.05 bits per heavy atom. The smallest absolute Gasteiger partial charge is 0.282 e. The van der Waals surface area contributed by atoms with Crippen molar-refractivity contribution in [3.63, 3.8) is 0 Å². The second-order valence-electron chi connectivity index (χ2n) is 5.09. The third-order valence-corrected chi connectivity index (χ3v) is 6.33. The summed E-state index contributed by atoms with van der Waals surface area (Å²) < 4.78 is 28.4. The molecule has 0 heterocycles. The van der Waals surface area contributed by atoms with Crippen LogP contribution in [-0.4, -0.2) is 29.7 Å². The van der Waals surface area contributed by atoms with Crippen LogP contribution in [0.3, 0.4) is 0 Å². The first kappa shape index (κ1) is 17.5. The Labute approximate surface area is 143 Å². The molecule has 0 fully saturated rings. The molecule has 118 valence electrons. The standard InChI is InChI=1S/C14H12Cl3NO3S/c1-13(16)11(8-10(15)12(19)14(13,2)17)18-22(20,21)9-6-4-3-5-7-9/h3-8H,1-2H3. The summed E-state index contributed by atoms with van der Waals surface area (Å²) in [7, 11) is -3.99. The summed E-state index contributed by atoms with van der Waals surface area (Å²) >= 11 is 18.4. The second-order valence-corrected chi connectivity index (χ2v) is 8.62. The van der Waals surface area contributed by atoms with Crippen molar-refractivity contribution < 1.29 is 13.2 Å². The third kappa shape index (κ3) is 2.83. The summed E-state index contributed by atoms with van der Waals surface area (Å²) in [5.41, 5.74) is -0.0832. The molecule has 4 nitrogen and oxygen atoms in total. The van der Waals surface area contributed by atoms with Crippen LogP contribution < -0.4 is 0 Å². The van der Waals surface area contributed by atoms with Gasteiger partial charge in [0.2, 0.25) is 0 Å². The average molecular weight is 381 g/mol. The number of carbonyl (C=O) groups excluding carboxylic acids is 1. The fraction of sp³-hybridized carbons (Fsp3) is 0.286. The number of allylic oxidation sites excluding steroid dienone is 2. The fourth-order valence-electron chi connectivity index (χ4n) is 1.89. The molecule has 0 aromatic heterocycles. The number of ketones is 1. The van der Waals surface area contributed by atoms with Crippen molar-refractivity contribution in [2.24, 2.45) is 4.40 Å². The second kappa shape index (κ2) is 5.64. The number of carbonyl (C=O) groups is 1. The lowest BCUT2D eigenvalue weighted by atomic mass is 9.81. The highest BCUT2D eigenvalue weighted by Crippen LogP contribution is 2.43.